The first-order valence-corrected chi connectivity index (χ1v) is 8.58. The summed E-state index contributed by atoms with van der Waals surface area (Å²) in [5.41, 5.74) is 5.18. The number of nitrogens with one attached hydrogen (secondary N) is 2. The van der Waals surface area contributed by atoms with Gasteiger partial charge < -0.3 is 21.0 Å². The smallest absolute Gasteiger partial charge is 0.407 e. The van der Waals surface area contributed by atoms with Gasteiger partial charge in [0, 0.05) is 18.7 Å². The van der Waals surface area contributed by atoms with Gasteiger partial charge in [-0.05, 0) is 45.0 Å². The molecule has 9 nitrogen and oxygen atoms in total. The molecule has 0 unspecified atom stereocenters. The van der Waals surface area contributed by atoms with E-state index in [1.54, 1.807) is 20.8 Å². The van der Waals surface area contributed by atoms with E-state index in [0.717, 1.165) is 0 Å². The molecule has 0 bridgehead atoms. The summed E-state index contributed by atoms with van der Waals surface area (Å²) in [6.45, 7) is 5.27. The highest BCUT2D eigenvalue weighted by atomic mass is 32.2. The number of sulfonamides is 1. The Balaban J connectivity index is 2.54. The summed E-state index contributed by atoms with van der Waals surface area (Å²) in [4.78, 5) is 11.5. The van der Waals surface area contributed by atoms with Crippen LogP contribution in [0.4, 0.5) is 4.79 Å². The molecule has 0 aliphatic rings. The van der Waals surface area contributed by atoms with Crippen LogP contribution in [0.2, 0.25) is 0 Å². The minimum absolute atomic E-state index is 0.00354. The van der Waals surface area contributed by atoms with Gasteiger partial charge >= 0.3 is 6.09 Å². The molecule has 134 valence electrons. The lowest BCUT2D eigenvalue weighted by Crippen LogP contribution is -2.37. The minimum atomic E-state index is -3.73. The largest absolute Gasteiger partial charge is 0.444 e. The molecule has 0 saturated heterocycles. The Labute approximate surface area is 140 Å². The van der Waals surface area contributed by atoms with Gasteiger partial charge in [0.1, 0.15) is 5.60 Å². The maximum atomic E-state index is 12.1. The molecule has 0 spiro atoms. The highest BCUT2D eigenvalue weighted by Crippen LogP contribution is 2.10. The Morgan fingerprint density at radius 1 is 1.25 bits per heavy atom. The summed E-state index contributed by atoms with van der Waals surface area (Å²) in [5.74, 6) is -0.117. The first-order chi connectivity index (χ1) is 11.0. The molecule has 0 aliphatic carbocycles. The van der Waals surface area contributed by atoms with Crippen molar-refractivity contribution in [3.05, 3.63) is 29.8 Å². The topological polar surface area (TPSA) is 143 Å². The molecule has 1 aromatic carbocycles. The van der Waals surface area contributed by atoms with Crippen LogP contribution in [0.25, 0.3) is 0 Å². The maximum Gasteiger partial charge on any atom is 0.407 e. The Bertz CT molecular complexity index is 693. The van der Waals surface area contributed by atoms with Crippen LogP contribution in [-0.2, 0) is 14.8 Å². The van der Waals surface area contributed by atoms with Gasteiger partial charge in [-0.25, -0.2) is 17.9 Å². The number of ether oxygens (including phenoxy) is 1. The van der Waals surface area contributed by atoms with E-state index >= 15 is 0 Å². The van der Waals surface area contributed by atoms with Crippen LogP contribution in [-0.4, -0.2) is 44.2 Å². The summed E-state index contributed by atoms with van der Waals surface area (Å²) in [7, 11) is -3.73. The fourth-order valence-electron chi connectivity index (χ4n) is 1.61. The number of benzene rings is 1. The monoisotopic (exact) mass is 358 g/mol. The van der Waals surface area contributed by atoms with E-state index in [-0.39, 0.29) is 23.8 Å². The van der Waals surface area contributed by atoms with Crippen LogP contribution in [0, 0.1) is 0 Å². The fourth-order valence-corrected chi connectivity index (χ4v) is 2.64. The third-order valence-corrected chi connectivity index (χ3v) is 4.13. The van der Waals surface area contributed by atoms with Crippen molar-refractivity contribution in [3.63, 3.8) is 0 Å². The predicted octanol–water partition coefficient (Wildman–Crippen LogP) is 0.584. The predicted molar refractivity (Wildman–Crippen MR) is 88.4 cm³/mol. The average molecular weight is 358 g/mol. The average Bonchev–Trinajstić information content (AvgIpc) is 2.49. The second kappa shape index (κ2) is 7.97. The van der Waals surface area contributed by atoms with Gasteiger partial charge in [-0.2, -0.15) is 0 Å². The Morgan fingerprint density at radius 2 is 1.83 bits per heavy atom. The standard InChI is InChI=1S/C14H22N4O5S/c1-14(2,3)23-13(19)16-8-9-17-24(21,22)11-6-4-10(5-7-11)12(15)18-20/h4-7,17,20H,8-9H2,1-3H3,(H2,15,18)(H,16,19). The molecule has 0 aliphatic heterocycles. The van der Waals surface area contributed by atoms with Crippen LogP contribution in [0.15, 0.2) is 34.3 Å². The van der Waals surface area contributed by atoms with E-state index < -0.39 is 21.7 Å². The number of hydrogen-bond acceptors (Lipinski definition) is 6. The van der Waals surface area contributed by atoms with E-state index in [2.05, 4.69) is 15.2 Å². The van der Waals surface area contributed by atoms with E-state index in [9.17, 15) is 13.2 Å². The first-order valence-electron chi connectivity index (χ1n) is 7.09. The molecule has 1 aromatic rings. The van der Waals surface area contributed by atoms with Crippen molar-refractivity contribution < 1.29 is 23.2 Å². The number of carbonyl (C=O) groups is 1. The van der Waals surface area contributed by atoms with Crippen molar-refractivity contribution in [2.75, 3.05) is 13.1 Å². The van der Waals surface area contributed by atoms with Gasteiger partial charge in [-0.1, -0.05) is 5.16 Å². The van der Waals surface area contributed by atoms with Crippen molar-refractivity contribution in [2.45, 2.75) is 31.3 Å². The van der Waals surface area contributed by atoms with Gasteiger partial charge in [0.2, 0.25) is 10.0 Å². The second-order valence-electron chi connectivity index (χ2n) is 5.84. The lowest BCUT2D eigenvalue weighted by molar-refractivity contribution is 0.0529. The quantitative estimate of drug-likeness (QED) is 0.193. The molecular formula is C14H22N4O5S. The highest BCUT2D eigenvalue weighted by molar-refractivity contribution is 7.89. The number of nitrogens with zero attached hydrogens (tertiary/aromatic N) is 1. The summed E-state index contributed by atoms with van der Waals surface area (Å²) in [6, 6.07) is 5.50. The van der Waals surface area contributed by atoms with Crippen molar-refractivity contribution in [3.8, 4) is 0 Å². The number of hydrogen-bond donors (Lipinski definition) is 4. The van der Waals surface area contributed by atoms with Gasteiger partial charge in [-0.3, -0.25) is 0 Å². The number of amides is 1. The summed E-state index contributed by atoms with van der Waals surface area (Å²) in [5, 5.41) is 13.8. The Kier molecular flexibility index (Phi) is 6.55. The number of oxime groups is 1. The van der Waals surface area contributed by atoms with Crippen LogP contribution >= 0.6 is 0 Å². The summed E-state index contributed by atoms with van der Waals surface area (Å²) >= 11 is 0. The molecule has 0 atom stereocenters. The lowest BCUT2D eigenvalue weighted by Gasteiger charge is -2.19. The SMILES string of the molecule is CC(C)(C)OC(=O)NCCNS(=O)(=O)c1ccc(/C(N)=N/O)cc1. The maximum absolute atomic E-state index is 12.1. The van der Waals surface area contributed by atoms with Crippen LogP contribution in [0.1, 0.15) is 26.3 Å². The fraction of sp³-hybridized carbons (Fsp3) is 0.429. The molecule has 10 heteroatoms. The number of amidine groups is 1. The molecule has 0 heterocycles. The zero-order valence-corrected chi connectivity index (χ0v) is 14.6. The number of alkyl carbamates (subject to hydrolysis) is 1. The van der Waals surface area contributed by atoms with Gasteiger partial charge in [0.25, 0.3) is 0 Å². The third kappa shape index (κ3) is 6.42. The normalized spacial score (nSPS) is 12.7. The molecule has 0 fully saturated rings. The highest BCUT2D eigenvalue weighted by Gasteiger charge is 2.17. The van der Waals surface area contributed by atoms with Crippen molar-refractivity contribution in [2.24, 2.45) is 10.9 Å². The molecular weight excluding hydrogens is 336 g/mol. The van der Waals surface area contributed by atoms with Gasteiger partial charge in [-0.15, -0.1) is 0 Å². The second-order valence-corrected chi connectivity index (χ2v) is 7.60. The molecule has 24 heavy (non-hydrogen) atoms. The van der Waals surface area contributed by atoms with Crippen LogP contribution < -0.4 is 15.8 Å². The van der Waals surface area contributed by atoms with Gasteiger partial charge in [0.15, 0.2) is 5.84 Å². The van der Waals surface area contributed by atoms with Crippen LogP contribution in [0.3, 0.4) is 0 Å². The summed E-state index contributed by atoms with van der Waals surface area (Å²) < 4.78 is 31.6. The molecule has 1 amide bonds. The van der Waals surface area contributed by atoms with E-state index in [1.165, 1.54) is 24.3 Å². The Morgan fingerprint density at radius 3 is 2.33 bits per heavy atom. The Hall–Kier alpha value is -2.33. The van der Waals surface area contributed by atoms with E-state index in [1.807, 2.05) is 0 Å². The van der Waals surface area contributed by atoms with E-state index in [4.69, 9.17) is 15.7 Å². The zero-order chi connectivity index (χ0) is 18.4. The van der Waals surface area contributed by atoms with Crippen molar-refractivity contribution >= 4 is 22.0 Å². The van der Waals surface area contributed by atoms with Gasteiger partial charge in [0.05, 0.1) is 4.90 Å². The summed E-state index contributed by atoms with van der Waals surface area (Å²) in [6.07, 6.45) is -0.621. The van der Waals surface area contributed by atoms with Crippen LogP contribution in [0.5, 0.6) is 0 Å². The molecule has 0 aromatic heterocycles. The number of rotatable bonds is 6. The lowest BCUT2D eigenvalue weighted by atomic mass is 10.2. The molecule has 0 radical (unpaired) electrons. The third-order valence-electron chi connectivity index (χ3n) is 2.65. The first kappa shape index (κ1) is 19.7. The zero-order valence-electron chi connectivity index (χ0n) is 13.7. The molecule has 5 N–H and O–H groups in total. The molecule has 0 saturated carbocycles. The minimum Gasteiger partial charge on any atom is -0.444 e. The van der Waals surface area contributed by atoms with Crippen molar-refractivity contribution in [1.82, 2.24) is 10.0 Å². The molecule has 1 rings (SSSR count). The van der Waals surface area contributed by atoms with Crippen molar-refractivity contribution in [1.29, 1.82) is 0 Å². The number of nitrogens with two attached hydrogens (primary N) is 1. The number of carbonyl (C=O) groups excluding carboxylic acids is 1. The van der Waals surface area contributed by atoms with E-state index in [0.29, 0.717) is 5.56 Å².